The van der Waals surface area contributed by atoms with Gasteiger partial charge < -0.3 is 20.3 Å². The summed E-state index contributed by atoms with van der Waals surface area (Å²) < 4.78 is 5.51. The first-order chi connectivity index (χ1) is 41.0. The zero-order valence-electron chi connectivity index (χ0n) is 56.5. The van der Waals surface area contributed by atoms with Crippen molar-refractivity contribution in [3.8, 4) is 0 Å². The van der Waals surface area contributed by atoms with E-state index in [9.17, 15) is 19.8 Å². The van der Waals surface area contributed by atoms with Crippen LogP contribution in [0.3, 0.4) is 0 Å². The van der Waals surface area contributed by atoms with Gasteiger partial charge >= 0.3 is 5.97 Å². The molecule has 3 N–H and O–H groups in total. The summed E-state index contributed by atoms with van der Waals surface area (Å²) in [6.07, 6.45) is 92.5. The lowest BCUT2D eigenvalue weighted by molar-refractivity contribution is -0.143. The van der Waals surface area contributed by atoms with Gasteiger partial charge in [-0.3, -0.25) is 9.59 Å². The predicted molar refractivity (Wildman–Crippen MR) is 366 cm³/mol. The molecule has 0 fully saturated rings. The molecule has 0 aromatic heterocycles. The van der Waals surface area contributed by atoms with Crippen molar-refractivity contribution in [2.45, 2.75) is 443 Å². The normalized spacial score (nSPS) is 12.6. The molecular weight excluding hydrogens is 1020 g/mol. The molecule has 0 aliphatic rings. The van der Waals surface area contributed by atoms with E-state index in [4.69, 9.17) is 4.74 Å². The third-order valence-corrected chi connectivity index (χ3v) is 18.0. The standard InChI is InChI=1S/C77H149NO5/c1-3-5-7-9-11-13-15-17-19-21-38-41-45-49-53-57-61-65-69-75(80)74(73-79)78-76(81)70-66-62-58-54-50-46-42-39-35-33-31-29-27-25-23-22-24-26-28-30-32-34-36-40-44-48-52-56-60-64-68-72-83-77(82)71-67-63-59-55-51-47-43-37-20-18-16-14-12-10-8-6-4-2/h18,20,24,26,74-75,79-80H,3-17,19,21-23,25,27-73H2,1-2H3,(H,78,81)/b20-18-,26-24-. The Morgan fingerprint density at radius 3 is 0.855 bits per heavy atom. The number of aliphatic hydroxyl groups excluding tert-OH is 2. The molecule has 6 nitrogen and oxygen atoms in total. The third-order valence-electron chi connectivity index (χ3n) is 18.0. The highest BCUT2D eigenvalue weighted by molar-refractivity contribution is 5.76. The molecule has 0 spiro atoms. The highest BCUT2D eigenvalue weighted by Gasteiger charge is 2.20. The van der Waals surface area contributed by atoms with Gasteiger partial charge in [0.25, 0.3) is 0 Å². The Hall–Kier alpha value is -1.66. The van der Waals surface area contributed by atoms with Crippen LogP contribution in [0.25, 0.3) is 0 Å². The number of nitrogens with one attached hydrogen (secondary N) is 1. The van der Waals surface area contributed by atoms with Crippen LogP contribution in [-0.4, -0.2) is 47.4 Å². The number of ether oxygens (including phenoxy) is 1. The molecule has 0 aliphatic carbocycles. The molecular formula is C77H149NO5. The van der Waals surface area contributed by atoms with Crippen molar-refractivity contribution in [3.63, 3.8) is 0 Å². The van der Waals surface area contributed by atoms with E-state index in [1.54, 1.807) is 0 Å². The second-order valence-corrected chi connectivity index (χ2v) is 26.3. The van der Waals surface area contributed by atoms with Gasteiger partial charge in [-0.2, -0.15) is 0 Å². The van der Waals surface area contributed by atoms with Gasteiger partial charge in [0.15, 0.2) is 0 Å². The highest BCUT2D eigenvalue weighted by Crippen LogP contribution is 2.19. The molecule has 0 saturated carbocycles. The van der Waals surface area contributed by atoms with Crippen LogP contribution in [0, 0.1) is 0 Å². The quantitative estimate of drug-likeness (QED) is 0.0320. The van der Waals surface area contributed by atoms with Crippen molar-refractivity contribution in [1.82, 2.24) is 5.32 Å². The van der Waals surface area contributed by atoms with Crippen LogP contribution in [0.1, 0.15) is 431 Å². The molecule has 0 saturated heterocycles. The number of esters is 1. The topological polar surface area (TPSA) is 95.9 Å². The molecule has 0 rings (SSSR count). The van der Waals surface area contributed by atoms with Crippen LogP contribution >= 0.6 is 0 Å². The van der Waals surface area contributed by atoms with Crippen LogP contribution in [0.4, 0.5) is 0 Å². The maximum Gasteiger partial charge on any atom is 0.305 e. The summed E-state index contributed by atoms with van der Waals surface area (Å²) in [5.41, 5.74) is 0. The van der Waals surface area contributed by atoms with Gasteiger partial charge in [0.05, 0.1) is 25.4 Å². The monoisotopic (exact) mass is 1170 g/mol. The van der Waals surface area contributed by atoms with E-state index in [1.165, 1.54) is 353 Å². The van der Waals surface area contributed by atoms with Crippen molar-refractivity contribution >= 4 is 11.9 Å². The van der Waals surface area contributed by atoms with Crippen molar-refractivity contribution in [3.05, 3.63) is 24.3 Å². The molecule has 0 bridgehead atoms. The summed E-state index contributed by atoms with van der Waals surface area (Å²) >= 11 is 0. The van der Waals surface area contributed by atoms with Gasteiger partial charge in [0.1, 0.15) is 0 Å². The number of allylic oxidation sites excluding steroid dienone is 4. The van der Waals surface area contributed by atoms with Crippen molar-refractivity contribution in [2.75, 3.05) is 13.2 Å². The Morgan fingerprint density at radius 2 is 0.566 bits per heavy atom. The summed E-state index contributed by atoms with van der Waals surface area (Å²) in [6, 6.07) is -0.540. The Labute approximate surface area is 520 Å². The number of hydrogen-bond acceptors (Lipinski definition) is 5. The molecule has 0 aliphatic heterocycles. The van der Waals surface area contributed by atoms with E-state index in [1.807, 2.05) is 0 Å². The van der Waals surface area contributed by atoms with Crippen molar-refractivity contribution in [2.24, 2.45) is 0 Å². The zero-order chi connectivity index (χ0) is 59.9. The first-order valence-electron chi connectivity index (χ1n) is 38.1. The van der Waals surface area contributed by atoms with Gasteiger partial charge in [-0.15, -0.1) is 0 Å². The number of unbranched alkanes of at least 4 members (excludes halogenated alkanes) is 57. The second kappa shape index (κ2) is 72.8. The largest absolute Gasteiger partial charge is 0.466 e. The average molecular weight is 1170 g/mol. The number of aliphatic hydroxyl groups is 2. The molecule has 0 aromatic rings. The summed E-state index contributed by atoms with van der Waals surface area (Å²) in [7, 11) is 0. The van der Waals surface area contributed by atoms with E-state index in [0.717, 1.165) is 44.9 Å². The van der Waals surface area contributed by atoms with Gasteiger partial charge in [-0.05, 0) is 77.0 Å². The van der Waals surface area contributed by atoms with Crippen molar-refractivity contribution < 1.29 is 24.5 Å². The summed E-state index contributed by atoms with van der Waals surface area (Å²) in [4.78, 5) is 24.6. The second-order valence-electron chi connectivity index (χ2n) is 26.3. The van der Waals surface area contributed by atoms with Gasteiger partial charge in [-0.25, -0.2) is 0 Å². The van der Waals surface area contributed by atoms with E-state index >= 15 is 0 Å². The van der Waals surface area contributed by atoms with Gasteiger partial charge in [-0.1, -0.05) is 366 Å². The van der Waals surface area contributed by atoms with Gasteiger partial charge in [0.2, 0.25) is 5.91 Å². The van der Waals surface area contributed by atoms with Gasteiger partial charge in [0, 0.05) is 12.8 Å². The first-order valence-corrected chi connectivity index (χ1v) is 38.1. The molecule has 1 amide bonds. The van der Waals surface area contributed by atoms with Crippen LogP contribution < -0.4 is 5.32 Å². The van der Waals surface area contributed by atoms with E-state index in [-0.39, 0.29) is 18.5 Å². The maximum atomic E-state index is 12.5. The summed E-state index contributed by atoms with van der Waals surface area (Å²) in [6.45, 7) is 4.99. The SMILES string of the molecule is CCCCCCCC/C=C\CCCCCCCCCC(=O)OCCCCCCCCCCCCCC/C=C\CCCCCCCCCCCCCCCCCC(=O)NC(CO)C(O)CCCCCCCCCCCCCCCCCCCC. The molecule has 83 heavy (non-hydrogen) atoms. The minimum atomic E-state index is -0.663. The number of carbonyl (C=O) groups excluding carboxylic acids is 2. The Balaban J connectivity index is 3.35. The average Bonchev–Trinajstić information content (AvgIpc) is 3.49. The van der Waals surface area contributed by atoms with Crippen LogP contribution in [-0.2, 0) is 14.3 Å². The number of amides is 1. The Kier molecular flexibility index (Phi) is 71.4. The van der Waals surface area contributed by atoms with E-state index in [0.29, 0.717) is 25.9 Å². The molecule has 0 radical (unpaired) electrons. The predicted octanol–water partition coefficient (Wildman–Crippen LogP) is 24.9. The zero-order valence-corrected chi connectivity index (χ0v) is 56.5. The fourth-order valence-corrected chi connectivity index (χ4v) is 12.2. The molecule has 0 aromatic carbocycles. The molecule has 0 heterocycles. The first kappa shape index (κ1) is 81.3. The fraction of sp³-hybridized carbons (Fsp3) is 0.922. The van der Waals surface area contributed by atoms with Crippen LogP contribution in [0.2, 0.25) is 0 Å². The van der Waals surface area contributed by atoms with Crippen LogP contribution in [0.15, 0.2) is 24.3 Å². The fourth-order valence-electron chi connectivity index (χ4n) is 12.2. The lowest BCUT2D eigenvalue weighted by Crippen LogP contribution is -2.45. The third kappa shape index (κ3) is 69.3. The highest BCUT2D eigenvalue weighted by atomic mass is 16.5. The van der Waals surface area contributed by atoms with E-state index < -0.39 is 12.1 Å². The van der Waals surface area contributed by atoms with E-state index in [2.05, 4.69) is 43.5 Å². The Morgan fingerprint density at radius 1 is 0.325 bits per heavy atom. The minimum Gasteiger partial charge on any atom is -0.466 e. The summed E-state index contributed by atoms with van der Waals surface area (Å²) in [5.74, 6) is -0.0133. The van der Waals surface area contributed by atoms with Crippen LogP contribution in [0.5, 0.6) is 0 Å². The maximum absolute atomic E-state index is 12.5. The molecule has 492 valence electrons. The lowest BCUT2D eigenvalue weighted by Gasteiger charge is -2.22. The minimum absolute atomic E-state index is 0.0153. The number of hydrogen-bond donors (Lipinski definition) is 3. The molecule has 2 unspecified atom stereocenters. The molecule has 2 atom stereocenters. The van der Waals surface area contributed by atoms with Crippen molar-refractivity contribution in [1.29, 1.82) is 0 Å². The summed E-state index contributed by atoms with van der Waals surface area (Å²) in [5, 5.41) is 23.4. The molecule has 6 heteroatoms. The number of carbonyl (C=O) groups is 2. The smallest absolute Gasteiger partial charge is 0.305 e. The lowest BCUT2D eigenvalue weighted by atomic mass is 10.0. The number of rotatable bonds is 72. The Bertz CT molecular complexity index is 1300.